The lowest BCUT2D eigenvalue weighted by molar-refractivity contribution is -0.155. The first-order valence-electron chi connectivity index (χ1n) is 22.9. The number of esters is 1. The van der Waals surface area contributed by atoms with Gasteiger partial charge in [0.25, 0.3) is 11.8 Å². The lowest BCUT2D eigenvalue weighted by atomic mass is 9.84. The fourth-order valence-corrected chi connectivity index (χ4v) is 9.56. The molecule has 3 aliphatic rings. The van der Waals surface area contributed by atoms with E-state index in [2.05, 4.69) is 70.0 Å². The Kier molecular flexibility index (Phi) is 14.5. The summed E-state index contributed by atoms with van der Waals surface area (Å²) in [4.78, 5) is 83.5. The average molecular weight is 902 g/mol. The zero-order chi connectivity index (χ0) is 47.4. The first-order valence-corrected chi connectivity index (χ1v) is 22.9. The molecule has 3 aliphatic heterocycles. The number of cyclic esters (lactones) is 1. The van der Waals surface area contributed by atoms with Crippen molar-refractivity contribution < 1.29 is 33.8 Å². The maximum absolute atomic E-state index is 14.7. The van der Waals surface area contributed by atoms with Gasteiger partial charge in [0.1, 0.15) is 30.2 Å². The van der Waals surface area contributed by atoms with E-state index in [9.17, 15) is 29.1 Å². The molecule has 2 aromatic carbocycles. The van der Waals surface area contributed by atoms with Gasteiger partial charge in [-0.1, -0.05) is 45.7 Å². The standard InChI is InChI=1S/C50H63N9O7/c1-9-58-42-15-14-33-24-38(42)39(45(58)36-26-51-30-52-27-36)25-50(4,5)29-66-49(65)40-12-10-18-59(54-40)48(64)41(22-32-20-35(33)23-37(60)21-32)53-46(62)44(31(2)3)56(8)47(63)34-16-19-57(28-34)43(61)13-11-17-55(6)7/h14-15,20-21,23-24,26-27,30-31,34,40-41,44,54,60H,9-10,12,16-19,22,25,28-29H2,1-8H3,(H,53,62)/t34-,40-,41-,44-/m0/s1. The third kappa shape index (κ3) is 10.5. The Labute approximate surface area is 387 Å². The molecule has 0 saturated carbocycles. The minimum atomic E-state index is -1.17. The number of likely N-dealkylation sites (N-methyl/N-ethyl adjacent to an activating group) is 1. The summed E-state index contributed by atoms with van der Waals surface area (Å²) in [6.45, 7) is 11.9. The number of phenolic OH excluding ortho intramolecular Hbond substituents is 1. The number of nitrogens with zero attached hydrogens (tertiary/aromatic N) is 7. The Hall–Kier alpha value is -6.31. The van der Waals surface area contributed by atoms with Crippen molar-refractivity contribution in [3.05, 3.63) is 66.2 Å². The number of amides is 4. The van der Waals surface area contributed by atoms with Crippen LogP contribution >= 0.6 is 0 Å². The summed E-state index contributed by atoms with van der Waals surface area (Å²) in [6.07, 6.45) is 7.03. The number of hydrogen-bond acceptors (Lipinski definition) is 11. The van der Waals surface area contributed by atoms with Crippen molar-refractivity contribution in [2.45, 2.75) is 91.4 Å². The maximum atomic E-state index is 14.7. The van der Waals surface area contributed by atoms with E-state index in [4.69, 9.17) is 4.74 Å². The van der Waals surface area contributed by atoms with Crippen LogP contribution in [0.5, 0.6) is 5.75 Å². The number of carbonyl (C=O) groups excluding carboxylic acids is 5. The number of aryl methyl sites for hydroxylation is 1. The molecule has 0 aliphatic carbocycles. The van der Waals surface area contributed by atoms with Gasteiger partial charge in [0.2, 0.25) is 11.8 Å². The van der Waals surface area contributed by atoms with Gasteiger partial charge in [0.05, 0.1) is 24.8 Å². The fraction of sp³-hybridized carbons (Fsp3) is 0.500. The van der Waals surface area contributed by atoms with E-state index in [0.717, 1.165) is 33.3 Å². The normalized spacial score (nSPS) is 20.4. The third-order valence-electron chi connectivity index (χ3n) is 12.8. The van der Waals surface area contributed by atoms with Crippen molar-refractivity contribution in [3.63, 3.8) is 0 Å². The van der Waals surface area contributed by atoms with Crippen LogP contribution in [-0.4, -0.2) is 141 Å². The van der Waals surface area contributed by atoms with Gasteiger partial charge in [-0.2, -0.15) is 0 Å². The van der Waals surface area contributed by atoms with Crippen molar-refractivity contribution in [3.8, 4) is 40.0 Å². The van der Waals surface area contributed by atoms with E-state index in [1.807, 2.05) is 45.0 Å². The number of carbonyl (C=O) groups is 5. The zero-order valence-electron chi connectivity index (χ0n) is 39.4. The Morgan fingerprint density at radius 3 is 2.48 bits per heavy atom. The summed E-state index contributed by atoms with van der Waals surface area (Å²) in [7, 11) is 5.31. The largest absolute Gasteiger partial charge is 0.508 e. The summed E-state index contributed by atoms with van der Waals surface area (Å²) >= 11 is 0. The second-order valence-electron chi connectivity index (χ2n) is 19.3. The van der Waals surface area contributed by atoms with Gasteiger partial charge >= 0.3 is 5.97 Å². The number of aromatic nitrogens is 3. The first-order chi connectivity index (χ1) is 31.4. The molecule has 3 N–H and O–H groups in total. The molecule has 5 heterocycles. The highest BCUT2D eigenvalue weighted by Crippen LogP contribution is 2.40. The van der Waals surface area contributed by atoms with E-state index in [1.54, 1.807) is 36.5 Å². The van der Waals surface area contributed by atoms with Crippen LogP contribution in [0.2, 0.25) is 0 Å². The molecule has 0 radical (unpaired) electrons. The summed E-state index contributed by atoms with van der Waals surface area (Å²) < 4.78 is 8.29. The summed E-state index contributed by atoms with van der Waals surface area (Å²) in [5.41, 5.74) is 8.61. The number of fused-ring (bicyclic) bond motifs is 6. The van der Waals surface area contributed by atoms with Crippen LogP contribution < -0.4 is 10.7 Å². The lowest BCUT2D eigenvalue weighted by Gasteiger charge is -2.37. The highest BCUT2D eigenvalue weighted by atomic mass is 16.5. The first kappa shape index (κ1) is 47.6. The number of benzene rings is 2. The van der Waals surface area contributed by atoms with Gasteiger partial charge < -0.3 is 29.5 Å². The van der Waals surface area contributed by atoms with Crippen LogP contribution in [0.1, 0.15) is 65.0 Å². The average Bonchev–Trinajstić information content (AvgIpc) is 3.90. The molecular weight excluding hydrogens is 839 g/mol. The van der Waals surface area contributed by atoms with Gasteiger partial charge in [0, 0.05) is 73.9 Å². The van der Waals surface area contributed by atoms with Gasteiger partial charge in [-0.05, 0) is 105 Å². The second kappa shape index (κ2) is 20.1. The fourth-order valence-electron chi connectivity index (χ4n) is 9.56. The van der Waals surface area contributed by atoms with Crippen molar-refractivity contribution in [2.24, 2.45) is 17.3 Å². The number of nitrogens with one attached hydrogen (secondary N) is 2. The maximum Gasteiger partial charge on any atom is 0.324 e. The Morgan fingerprint density at radius 1 is 1.02 bits per heavy atom. The quantitative estimate of drug-likeness (QED) is 0.172. The third-order valence-corrected chi connectivity index (χ3v) is 12.8. The predicted molar refractivity (Wildman–Crippen MR) is 250 cm³/mol. The molecule has 4 atom stereocenters. The minimum Gasteiger partial charge on any atom is -0.508 e. The van der Waals surface area contributed by atoms with Crippen molar-refractivity contribution in [1.29, 1.82) is 0 Å². The molecule has 66 heavy (non-hydrogen) atoms. The molecule has 6 bridgehead atoms. The van der Waals surface area contributed by atoms with Crippen LogP contribution in [0.25, 0.3) is 33.3 Å². The molecule has 2 saturated heterocycles. The Balaban J connectivity index is 1.23. The summed E-state index contributed by atoms with van der Waals surface area (Å²) in [5.74, 6) is 2.50. The Morgan fingerprint density at radius 2 is 1.77 bits per heavy atom. The second-order valence-corrected chi connectivity index (χ2v) is 19.3. The number of hydrazine groups is 1. The Bertz CT molecular complexity index is 2540. The van der Waals surface area contributed by atoms with E-state index in [1.165, 1.54) is 16.2 Å². The number of ether oxygens (including phenoxy) is 1. The smallest absolute Gasteiger partial charge is 0.324 e. The summed E-state index contributed by atoms with van der Waals surface area (Å²) in [5, 5.41) is 16.6. The summed E-state index contributed by atoms with van der Waals surface area (Å²) in [6, 6.07) is 8.42. The van der Waals surface area contributed by atoms with E-state index in [0.29, 0.717) is 56.4 Å². The van der Waals surface area contributed by atoms with Crippen LogP contribution in [-0.2, 0) is 48.1 Å². The van der Waals surface area contributed by atoms with Crippen LogP contribution in [0.4, 0.5) is 0 Å². The predicted octanol–water partition coefficient (Wildman–Crippen LogP) is 4.04. The lowest BCUT2D eigenvalue weighted by Crippen LogP contribution is -2.62. The zero-order valence-corrected chi connectivity index (χ0v) is 39.4. The van der Waals surface area contributed by atoms with Gasteiger partial charge in [0.15, 0.2) is 0 Å². The van der Waals surface area contributed by atoms with Crippen molar-refractivity contribution in [2.75, 3.05) is 53.9 Å². The van der Waals surface area contributed by atoms with E-state index in [-0.39, 0.29) is 49.6 Å². The number of likely N-dealkylation sites (tertiary alicyclic amines) is 1. The molecule has 350 valence electrons. The topological polar surface area (TPSA) is 183 Å². The molecule has 16 heteroatoms. The number of phenols is 1. The molecule has 2 fully saturated rings. The molecular formula is C50H63N9O7. The SMILES string of the molecule is CCn1c(-c2cncnc2)c2c3cc(ccc31)-c1cc(O)cc(c1)C[C@H](NC(=O)[C@H](C(C)C)N(C)C(=O)[C@H]1CCN(C(=O)C#CCN(C)C)C1)C(=O)N1CCC[C@H](N1)C(=O)OCC(C)(C)C2. The van der Waals surface area contributed by atoms with Crippen LogP contribution in [0.15, 0.2) is 55.1 Å². The van der Waals surface area contributed by atoms with Crippen LogP contribution in [0, 0.1) is 29.1 Å². The van der Waals surface area contributed by atoms with Gasteiger partial charge in [-0.15, -0.1) is 0 Å². The highest BCUT2D eigenvalue weighted by molar-refractivity contribution is 5.97. The molecule has 4 amide bonds. The van der Waals surface area contributed by atoms with Gasteiger partial charge in [-0.25, -0.2) is 15.4 Å². The van der Waals surface area contributed by atoms with Crippen LogP contribution in [0.3, 0.4) is 0 Å². The van der Waals surface area contributed by atoms with Crippen molar-refractivity contribution in [1.82, 2.24) is 45.0 Å². The minimum absolute atomic E-state index is 0.0116. The van der Waals surface area contributed by atoms with E-state index < -0.39 is 47.2 Å². The highest BCUT2D eigenvalue weighted by Gasteiger charge is 2.40. The molecule has 4 aromatic rings. The van der Waals surface area contributed by atoms with Crippen molar-refractivity contribution >= 4 is 40.5 Å². The number of hydrogen-bond donors (Lipinski definition) is 3. The molecule has 16 nitrogen and oxygen atoms in total. The van der Waals surface area contributed by atoms with Gasteiger partial charge in [-0.3, -0.25) is 33.9 Å². The number of aromatic hydroxyl groups is 1. The molecule has 0 spiro atoms. The number of rotatable bonds is 8. The molecule has 0 unspecified atom stereocenters. The van der Waals surface area contributed by atoms with E-state index >= 15 is 0 Å². The monoisotopic (exact) mass is 901 g/mol. The molecule has 2 aromatic heterocycles. The molecule has 7 rings (SSSR count).